The summed E-state index contributed by atoms with van der Waals surface area (Å²) in [4.78, 5) is 0. The summed E-state index contributed by atoms with van der Waals surface area (Å²) in [5.74, 6) is -0.125. The average Bonchev–Trinajstić information content (AvgIpc) is 2.53. The molecule has 4 nitrogen and oxygen atoms in total. The van der Waals surface area contributed by atoms with Crippen molar-refractivity contribution in [1.29, 1.82) is 0 Å². The van der Waals surface area contributed by atoms with Crippen LogP contribution in [-0.2, 0) is 10.8 Å². The van der Waals surface area contributed by atoms with Gasteiger partial charge in [-0.3, -0.25) is 0 Å². The molecule has 6 heteroatoms. The predicted octanol–water partition coefficient (Wildman–Crippen LogP) is 5.10. The molecule has 0 saturated carbocycles. The predicted molar refractivity (Wildman–Crippen MR) is 109 cm³/mol. The van der Waals surface area contributed by atoms with Crippen LogP contribution in [0.2, 0.25) is 0 Å². The lowest BCUT2D eigenvalue weighted by Gasteiger charge is -2.20. The van der Waals surface area contributed by atoms with Crippen molar-refractivity contribution in [3.8, 4) is 23.0 Å². The summed E-state index contributed by atoms with van der Waals surface area (Å²) in [5, 5.41) is 37.4. The van der Waals surface area contributed by atoms with Gasteiger partial charge in [-0.2, -0.15) is 0 Å². The van der Waals surface area contributed by atoms with Gasteiger partial charge in [0.05, 0.1) is 0 Å². The molecular formula is C20H28BClO4. The molecule has 0 heterocycles. The number of halogens is 1. The first-order valence-electron chi connectivity index (χ1n) is 8.10. The van der Waals surface area contributed by atoms with Crippen LogP contribution >= 0.6 is 11.5 Å². The molecule has 2 aromatic rings. The van der Waals surface area contributed by atoms with Gasteiger partial charge >= 0.3 is 0 Å². The standard InChI is InChI=1S/2C10H14O2.BCl/c2*1-10(2,3)7-5-4-6-8(11)9(7)12;1-2/h2*4-6,11-12H,1-3H3;. The van der Waals surface area contributed by atoms with Gasteiger partial charge in [0.2, 0.25) is 7.26 Å². The zero-order valence-corrected chi connectivity index (χ0v) is 17.0. The van der Waals surface area contributed by atoms with Crippen LogP contribution < -0.4 is 0 Å². The summed E-state index contributed by atoms with van der Waals surface area (Å²) < 4.78 is 0. The number of aromatic hydroxyl groups is 4. The average molecular weight is 379 g/mol. The minimum atomic E-state index is -0.136. The molecule has 26 heavy (non-hydrogen) atoms. The van der Waals surface area contributed by atoms with E-state index in [0.717, 1.165) is 11.1 Å². The topological polar surface area (TPSA) is 80.9 Å². The van der Waals surface area contributed by atoms with Gasteiger partial charge in [-0.15, -0.1) is 0 Å². The zero-order chi connectivity index (χ0) is 20.7. The van der Waals surface area contributed by atoms with Gasteiger partial charge in [0.1, 0.15) is 0 Å². The number of rotatable bonds is 0. The maximum atomic E-state index is 9.48. The molecule has 2 aromatic carbocycles. The molecule has 0 spiro atoms. The Labute approximate surface area is 162 Å². The normalized spacial score (nSPS) is 10.9. The van der Waals surface area contributed by atoms with Crippen molar-refractivity contribution in [2.75, 3.05) is 0 Å². The summed E-state index contributed by atoms with van der Waals surface area (Å²) in [6.07, 6.45) is 0. The summed E-state index contributed by atoms with van der Waals surface area (Å²) in [7, 11) is 3.97. The van der Waals surface area contributed by atoms with E-state index in [1.807, 2.05) is 53.7 Å². The van der Waals surface area contributed by atoms with Crippen LogP contribution in [0.1, 0.15) is 52.7 Å². The quantitative estimate of drug-likeness (QED) is 0.380. The van der Waals surface area contributed by atoms with Crippen molar-refractivity contribution < 1.29 is 20.4 Å². The molecule has 0 aromatic heterocycles. The lowest BCUT2D eigenvalue weighted by molar-refractivity contribution is 0.389. The smallest absolute Gasteiger partial charge is 0.214 e. The fourth-order valence-corrected chi connectivity index (χ4v) is 2.27. The Morgan fingerprint density at radius 3 is 1.08 bits per heavy atom. The highest BCUT2D eigenvalue weighted by Gasteiger charge is 2.20. The van der Waals surface area contributed by atoms with Crippen molar-refractivity contribution in [3.05, 3.63) is 47.5 Å². The first-order chi connectivity index (χ1) is 11.9. The molecule has 0 saturated heterocycles. The first-order valence-corrected chi connectivity index (χ1v) is 8.54. The summed E-state index contributed by atoms with van der Waals surface area (Å²) >= 11 is 4.14. The fourth-order valence-electron chi connectivity index (χ4n) is 2.27. The van der Waals surface area contributed by atoms with Crippen LogP contribution in [0.15, 0.2) is 36.4 Å². The highest BCUT2D eigenvalue weighted by atomic mass is 35.5. The highest BCUT2D eigenvalue weighted by Crippen LogP contribution is 2.37. The molecule has 0 fully saturated rings. The summed E-state index contributed by atoms with van der Waals surface area (Å²) in [6, 6.07) is 10.0. The molecule has 2 radical (unpaired) electrons. The maximum Gasteiger partial charge on any atom is 0.214 e. The van der Waals surface area contributed by atoms with Gasteiger partial charge < -0.3 is 20.4 Å². The molecule has 0 aliphatic heterocycles. The van der Waals surface area contributed by atoms with E-state index in [0.29, 0.717) is 0 Å². The van der Waals surface area contributed by atoms with Gasteiger partial charge in [-0.1, -0.05) is 65.8 Å². The Morgan fingerprint density at radius 2 is 0.885 bits per heavy atom. The number of hydrogen-bond acceptors (Lipinski definition) is 4. The number of phenolic OH excluding ortho intramolecular Hbond substituents is 4. The molecule has 0 bridgehead atoms. The van der Waals surface area contributed by atoms with Gasteiger partial charge in [0, 0.05) is 11.1 Å². The second kappa shape index (κ2) is 9.63. The molecule has 0 amide bonds. The van der Waals surface area contributed by atoms with E-state index in [9.17, 15) is 20.4 Å². The molecule has 4 N–H and O–H groups in total. The van der Waals surface area contributed by atoms with E-state index in [1.54, 1.807) is 12.1 Å². The largest absolute Gasteiger partial charge is 0.504 e. The zero-order valence-electron chi connectivity index (χ0n) is 16.2. The van der Waals surface area contributed by atoms with E-state index in [4.69, 9.17) is 0 Å². The lowest BCUT2D eigenvalue weighted by Crippen LogP contribution is -2.10. The van der Waals surface area contributed by atoms with E-state index in [-0.39, 0.29) is 33.8 Å². The fraction of sp³-hybridized carbons (Fsp3) is 0.400. The Balaban J connectivity index is 0.000000439. The highest BCUT2D eigenvalue weighted by molar-refractivity contribution is 6.80. The van der Waals surface area contributed by atoms with Gasteiger partial charge in [-0.05, 0) is 23.0 Å². The van der Waals surface area contributed by atoms with Crippen molar-refractivity contribution in [3.63, 3.8) is 0 Å². The molecule has 0 unspecified atom stereocenters. The molecule has 0 atom stereocenters. The monoisotopic (exact) mass is 378 g/mol. The maximum absolute atomic E-state index is 9.48. The van der Waals surface area contributed by atoms with E-state index in [1.165, 1.54) is 12.1 Å². The third-order valence-electron chi connectivity index (χ3n) is 3.65. The van der Waals surface area contributed by atoms with Crippen LogP contribution in [0.5, 0.6) is 23.0 Å². The van der Waals surface area contributed by atoms with E-state index >= 15 is 0 Å². The first kappa shape index (κ1) is 24.0. The summed E-state index contributed by atoms with van der Waals surface area (Å²) in [6.45, 7) is 11.9. The Hall–Kier alpha value is -2.01. The molecular weight excluding hydrogens is 350 g/mol. The van der Waals surface area contributed by atoms with Crippen molar-refractivity contribution in [2.45, 2.75) is 52.4 Å². The minimum Gasteiger partial charge on any atom is -0.504 e. The molecule has 0 aliphatic carbocycles. The number of benzene rings is 2. The van der Waals surface area contributed by atoms with Crippen molar-refractivity contribution in [1.82, 2.24) is 0 Å². The van der Waals surface area contributed by atoms with Gasteiger partial charge in [0.25, 0.3) is 0 Å². The van der Waals surface area contributed by atoms with Crippen LogP contribution in [0, 0.1) is 0 Å². The molecule has 2 rings (SSSR count). The third kappa shape index (κ3) is 6.72. The van der Waals surface area contributed by atoms with Crippen LogP contribution in [0.4, 0.5) is 0 Å². The lowest BCUT2D eigenvalue weighted by atomic mass is 9.86. The number of para-hydroxylation sites is 2. The van der Waals surface area contributed by atoms with Gasteiger partial charge in [0.15, 0.2) is 23.0 Å². The van der Waals surface area contributed by atoms with Crippen LogP contribution in [0.3, 0.4) is 0 Å². The van der Waals surface area contributed by atoms with E-state index < -0.39 is 0 Å². The number of hydrogen-bond donors (Lipinski definition) is 4. The summed E-state index contributed by atoms with van der Waals surface area (Å²) in [5.41, 5.74) is 1.26. The molecule has 142 valence electrons. The Bertz CT molecular complexity index is 642. The SMILES string of the molecule is CC(C)(C)c1cccc(O)c1O.CC(C)(C)c1cccc(O)c1O.[B]Cl. The van der Waals surface area contributed by atoms with Crippen molar-refractivity contribution in [2.24, 2.45) is 0 Å². The minimum absolute atomic E-state index is 0.00926. The van der Waals surface area contributed by atoms with Gasteiger partial charge in [-0.25, -0.2) is 11.5 Å². The Kier molecular flexibility index (Phi) is 8.88. The Morgan fingerprint density at radius 1 is 0.615 bits per heavy atom. The van der Waals surface area contributed by atoms with Crippen LogP contribution in [-0.4, -0.2) is 27.7 Å². The van der Waals surface area contributed by atoms with Crippen LogP contribution in [0.25, 0.3) is 0 Å². The van der Waals surface area contributed by atoms with E-state index in [2.05, 4.69) is 18.7 Å². The second-order valence-electron chi connectivity index (χ2n) is 7.85. The third-order valence-corrected chi connectivity index (χ3v) is 3.65. The second-order valence-corrected chi connectivity index (χ2v) is 7.85. The van der Waals surface area contributed by atoms with Crippen molar-refractivity contribution >= 4 is 18.7 Å². The number of phenols is 4. The molecule has 0 aliphatic rings.